The Morgan fingerprint density at radius 2 is 0.767 bits per heavy atom. The van der Waals surface area contributed by atoms with Gasteiger partial charge >= 0.3 is 0 Å². The molecule has 0 bridgehead atoms. The number of hydrogen-bond acceptors (Lipinski definition) is 7. The lowest BCUT2D eigenvalue weighted by atomic mass is 9.75. The fourth-order valence-electron chi connectivity index (χ4n) is 10.1. The van der Waals surface area contributed by atoms with Gasteiger partial charge in [-0.2, -0.15) is 5.26 Å². The minimum atomic E-state index is -0.206. The molecule has 10 rings (SSSR count). The Morgan fingerprint density at radius 3 is 1.25 bits per heavy atom. The zero-order valence-electron chi connectivity index (χ0n) is 44.1. The number of aromatic nitrogens is 7. The summed E-state index contributed by atoms with van der Waals surface area (Å²) in [4.78, 5) is 31.9. The lowest BCUT2D eigenvalue weighted by molar-refractivity contribution is 0.570. The smallest absolute Gasteiger partial charge is 0.166 e. The molecule has 3 aromatic heterocycles. The summed E-state index contributed by atoms with van der Waals surface area (Å²) in [5.74, 6) is 3.46. The Hall–Kier alpha value is -8.15. The van der Waals surface area contributed by atoms with Crippen LogP contribution < -0.4 is 0 Å². The number of benzene rings is 7. The Balaban J connectivity index is 1.25. The van der Waals surface area contributed by atoms with Crippen LogP contribution in [0.15, 0.2) is 158 Å². The van der Waals surface area contributed by atoms with E-state index in [1.165, 1.54) is 22.3 Å². The second-order valence-electron chi connectivity index (χ2n) is 23.2. The quantitative estimate of drug-likeness (QED) is 0.157. The van der Waals surface area contributed by atoms with Gasteiger partial charge in [0.05, 0.1) is 28.4 Å². The first-order valence-corrected chi connectivity index (χ1v) is 25.2. The van der Waals surface area contributed by atoms with E-state index in [4.69, 9.17) is 29.9 Å². The van der Waals surface area contributed by atoms with E-state index in [1.54, 1.807) is 0 Å². The third kappa shape index (κ3) is 9.21. The number of rotatable bonds is 7. The summed E-state index contributed by atoms with van der Waals surface area (Å²) in [5.41, 5.74) is 12.6. The molecular weight excluding hydrogens is 893 g/mol. The third-order valence-corrected chi connectivity index (χ3v) is 13.7. The van der Waals surface area contributed by atoms with Crippen molar-refractivity contribution in [3.05, 3.63) is 186 Å². The van der Waals surface area contributed by atoms with Crippen LogP contribution in [-0.4, -0.2) is 34.5 Å². The van der Waals surface area contributed by atoms with Crippen molar-refractivity contribution in [2.45, 2.75) is 105 Å². The van der Waals surface area contributed by atoms with Crippen LogP contribution in [0.3, 0.4) is 0 Å². The fourth-order valence-corrected chi connectivity index (χ4v) is 10.1. The monoisotopic (exact) mass is 955 g/mol. The number of nitriles is 1. The minimum Gasteiger partial charge on any atom is -0.308 e. The molecule has 0 saturated heterocycles. The predicted octanol–water partition coefficient (Wildman–Crippen LogP) is 16.2. The maximum atomic E-state index is 10.4. The second-order valence-corrected chi connectivity index (χ2v) is 23.2. The standard InChI is InChI=1S/C65H62N8/c1-62(2,3)47-28-21-29-48(63(4,5)6)54(47)60-70-58(71-61(72-60)55-49(64(7,8)9)30-22-31-50(55)65(10,11)12)43-34-36-52-45(38-43)44-27-19-20-32-51(44)73(52)53-35-33-40(39-66)37-46(53)59-68-56(41-23-15-13-16-24-41)67-57(69-59)42-25-17-14-18-26-42/h13-38H,1-12H3. The molecule has 0 amide bonds. The van der Waals surface area contributed by atoms with E-state index in [0.29, 0.717) is 46.1 Å². The van der Waals surface area contributed by atoms with Gasteiger partial charge in [0.15, 0.2) is 34.9 Å². The average molecular weight is 955 g/mol. The van der Waals surface area contributed by atoms with Gasteiger partial charge in [-0.25, -0.2) is 29.9 Å². The van der Waals surface area contributed by atoms with E-state index in [9.17, 15) is 5.26 Å². The van der Waals surface area contributed by atoms with Gasteiger partial charge in [0, 0.05) is 44.2 Å². The summed E-state index contributed by atoms with van der Waals surface area (Å²) >= 11 is 0. The summed E-state index contributed by atoms with van der Waals surface area (Å²) in [6.07, 6.45) is 0. The molecule has 0 unspecified atom stereocenters. The first-order valence-electron chi connectivity index (χ1n) is 25.2. The van der Waals surface area contributed by atoms with E-state index in [0.717, 1.165) is 55.3 Å². The van der Waals surface area contributed by atoms with E-state index < -0.39 is 0 Å². The van der Waals surface area contributed by atoms with Gasteiger partial charge in [-0.05, 0) is 86.4 Å². The summed E-state index contributed by atoms with van der Waals surface area (Å²) < 4.78 is 2.26. The average Bonchev–Trinajstić information content (AvgIpc) is 3.70. The highest BCUT2D eigenvalue weighted by atomic mass is 15.1. The van der Waals surface area contributed by atoms with Crippen LogP contribution in [0.4, 0.5) is 0 Å². The molecule has 8 nitrogen and oxygen atoms in total. The van der Waals surface area contributed by atoms with Crippen molar-refractivity contribution >= 4 is 21.8 Å². The number of fused-ring (bicyclic) bond motifs is 3. The molecular formula is C65H62N8. The van der Waals surface area contributed by atoms with Crippen LogP contribution in [0.1, 0.15) is 111 Å². The highest BCUT2D eigenvalue weighted by Crippen LogP contribution is 2.44. The van der Waals surface area contributed by atoms with Gasteiger partial charge in [0.25, 0.3) is 0 Å². The second kappa shape index (κ2) is 18.2. The molecule has 362 valence electrons. The molecule has 0 saturated carbocycles. The number of hydrogen-bond donors (Lipinski definition) is 0. The largest absolute Gasteiger partial charge is 0.308 e. The Morgan fingerprint density at radius 1 is 0.356 bits per heavy atom. The maximum Gasteiger partial charge on any atom is 0.166 e. The van der Waals surface area contributed by atoms with Crippen LogP contribution >= 0.6 is 0 Å². The van der Waals surface area contributed by atoms with Gasteiger partial charge < -0.3 is 4.57 Å². The zero-order chi connectivity index (χ0) is 51.6. The molecule has 0 atom stereocenters. The third-order valence-electron chi connectivity index (χ3n) is 13.7. The molecule has 3 heterocycles. The zero-order valence-corrected chi connectivity index (χ0v) is 44.1. The number of nitrogens with zero attached hydrogens (tertiary/aromatic N) is 8. The van der Waals surface area contributed by atoms with Gasteiger partial charge in [0.2, 0.25) is 0 Å². The Bertz CT molecular complexity index is 3560. The Labute approximate surface area is 430 Å². The highest BCUT2D eigenvalue weighted by molar-refractivity contribution is 6.11. The summed E-state index contributed by atoms with van der Waals surface area (Å²) in [5, 5.41) is 12.4. The minimum absolute atomic E-state index is 0.206. The van der Waals surface area contributed by atoms with Crippen molar-refractivity contribution in [2.24, 2.45) is 0 Å². The lowest BCUT2D eigenvalue weighted by Crippen LogP contribution is -2.21. The Kier molecular flexibility index (Phi) is 12.1. The van der Waals surface area contributed by atoms with Crippen molar-refractivity contribution in [3.8, 4) is 80.1 Å². The van der Waals surface area contributed by atoms with Crippen molar-refractivity contribution < 1.29 is 0 Å². The SMILES string of the molecule is CC(C)(C)c1cccc(C(C)(C)C)c1-c1nc(-c2ccc3c(c2)c2ccccc2n3-c2ccc(C#N)cc2-c2nc(-c3ccccc3)nc(-c3ccccc3)n2)nc(-c2c(C(C)(C)C)cccc2C(C)(C)C)n1. The van der Waals surface area contributed by atoms with Crippen molar-refractivity contribution in [1.82, 2.24) is 34.5 Å². The molecule has 73 heavy (non-hydrogen) atoms. The predicted molar refractivity (Wildman–Crippen MR) is 300 cm³/mol. The van der Waals surface area contributed by atoms with E-state index >= 15 is 0 Å². The summed E-state index contributed by atoms with van der Waals surface area (Å²) in [6, 6.07) is 56.3. The van der Waals surface area contributed by atoms with E-state index in [2.05, 4.69) is 173 Å². The molecule has 8 heteroatoms. The fraction of sp³-hybridized carbons (Fsp3) is 0.246. The van der Waals surface area contributed by atoms with Crippen molar-refractivity contribution in [1.29, 1.82) is 5.26 Å². The van der Waals surface area contributed by atoms with Gasteiger partial charge in [-0.1, -0.05) is 198 Å². The highest BCUT2D eigenvalue weighted by Gasteiger charge is 2.32. The normalized spacial score (nSPS) is 12.4. The molecule has 0 spiro atoms. The molecule has 0 radical (unpaired) electrons. The maximum absolute atomic E-state index is 10.4. The van der Waals surface area contributed by atoms with Crippen LogP contribution in [-0.2, 0) is 21.7 Å². The number of para-hydroxylation sites is 1. The van der Waals surface area contributed by atoms with Crippen LogP contribution in [0.5, 0.6) is 0 Å². The first-order chi connectivity index (χ1) is 34.7. The summed E-state index contributed by atoms with van der Waals surface area (Å²) in [7, 11) is 0. The molecule has 0 N–H and O–H groups in total. The molecule has 0 aliphatic rings. The first kappa shape index (κ1) is 48.5. The van der Waals surface area contributed by atoms with Gasteiger partial charge in [-0.3, -0.25) is 0 Å². The van der Waals surface area contributed by atoms with Crippen LogP contribution in [0.25, 0.3) is 95.8 Å². The van der Waals surface area contributed by atoms with Gasteiger partial charge in [-0.15, -0.1) is 0 Å². The molecule has 0 aliphatic carbocycles. The topological polar surface area (TPSA) is 106 Å². The molecule has 0 aliphatic heterocycles. The van der Waals surface area contributed by atoms with Crippen LogP contribution in [0, 0.1) is 11.3 Å². The lowest BCUT2D eigenvalue weighted by Gasteiger charge is -2.31. The van der Waals surface area contributed by atoms with Crippen LogP contribution in [0.2, 0.25) is 0 Å². The van der Waals surface area contributed by atoms with E-state index in [1.807, 2.05) is 78.9 Å². The van der Waals surface area contributed by atoms with Crippen molar-refractivity contribution in [2.75, 3.05) is 0 Å². The molecule has 0 fully saturated rings. The molecule has 10 aromatic rings. The summed E-state index contributed by atoms with van der Waals surface area (Å²) in [6.45, 7) is 27.2. The van der Waals surface area contributed by atoms with Crippen molar-refractivity contribution in [3.63, 3.8) is 0 Å². The molecule has 7 aromatic carbocycles. The van der Waals surface area contributed by atoms with E-state index in [-0.39, 0.29) is 21.7 Å². The van der Waals surface area contributed by atoms with Gasteiger partial charge in [0.1, 0.15) is 0 Å².